The van der Waals surface area contributed by atoms with Crippen LogP contribution in [0, 0.1) is 0 Å². The van der Waals surface area contributed by atoms with E-state index in [2.05, 4.69) is 14.0 Å². The SMILES string of the molecule is CCN1C(=O)CC[N+]1(C)CC. The van der Waals surface area contributed by atoms with Gasteiger partial charge in [-0.2, -0.15) is 5.01 Å². The first-order chi connectivity index (χ1) is 5.14. The van der Waals surface area contributed by atoms with Crippen molar-refractivity contribution < 1.29 is 9.39 Å². The number of nitrogens with zero attached hydrogens (tertiary/aromatic N) is 2. The van der Waals surface area contributed by atoms with Gasteiger partial charge in [0, 0.05) is 0 Å². The Bertz CT molecular complexity index is 169. The van der Waals surface area contributed by atoms with Crippen molar-refractivity contribution in [1.82, 2.24) is 5.01 Å². The van der Waals surface area contributed by atoms with Gasteiger partial charge in [0.15, 0.2) is 0 Å². The molecule has 0 aliphatic carbocycles. The Morgan fingerprint density at radius 3 is 2.55 bits per heavy atom. The van der Waals surface area contributed by atoms with Gasteiger partial charge in [0.2, 0.25) is 0 Å². The Hall–Kier alpha value is -0.570. The fourth-order valence-electron chi connectivity index (χ4n) is 1.70. The second-order valence-electron chi connectivity index (χ2n) is 3.24. The van der Waals surface area contributed by atoms with Crippen LogP contribution in [-0.2, 0) is 4.79 Å². The second kappa shape index (κ2) is 2.81. The summed E-state index contributed by atoms with van der Waals surface area (Å²) in [4.78, 5) is 11.3. The summed E-state index contributed by atoms with van der Waals surface area (Å²) in [6.07, 6.45) is 0.720. The molecule has 0 aromatic rings. The molecule has 0 N–H and O–H groups in total. The number of amides is 1. The Kier molecular flexibility index (Phi) is 2.18. The van der Waals surface area contributed by atoms with E-state index in [4.69, 9.17) is 0 Å². The van der Waals surface area contributed by atoms with Gasteiger partial charge in [-0.1, -0.05) is 0 Å². The van der Waals surface area contributed by atoms with Crippen molar-refractivity contribution >= 4 is 5.91 Å². The molecule has 11 heavy (non-hydrogen) atoms. The summed E-state index contributed by atoms with van der Waals surface area (Å²) < 4.78 is 0.801. The van der Waals surface area contributed by atoms with E-state index < -0.39 is 0 Å². The average Bonchev–Trinajstić information content (AvgIpc) is 2.29. The number of carbonyl (C=O) groups excluding carboxylic acids is 1. The molecule has 3 nitrogen and oxygen atoms in total. The molecule has 0 saturated carbocycles. The molecule has 0 spiro atoms. The summed E-state index contributed by atoms with van der Waals surface area (Å²) in [5, 5.41) is 1.94. The maximum absolute atomic E-state index is 11.3. The minimum absolute atomic E-state index is 0.303. The second-order valence-corrected chi connectivity index (χ2v) is 3.24. The zero-order valence-corrected chi connectivity index (χ0v) is 7.63. The topological polar surface area (TPSA) is 20.3 Å². The maximum atomic E-state index is 11.3. The molecule has 1 atom stereocenters. The van der Waals surface area contributed by atoms with Crippen molar-refractivity contribution in [3.63, 3.8) is 0 Å². The minimum Gasteiger partial charge on any atom is -0.269 e. The minimum atomic E-state index is 0.303. The van der Waals surface area contributed by atoms with Crippen molar-refractivity contribution in [3.8, 4) is 0 Å². The molecule has 1 fully saturated rings. The smallest absolute Gasteiger partial charge is 0.269 e. The van der Waals surface area contributed by atoms with E-state index in [0.717, 1.165) is 30.6 Å². The van der Waals surface area contributed by atoms with E-state index >= 15 is 0 Å². The predicted octanol–water partition coefficient (Wildman–Crippen LogP) is 0.620. The first-order valence-corrected chi connectivity index (χ1v) is 4.29. The van der Waals surface area contributed by atoms with Gasteiger partial charge in [0.05, 0.1) is 26.6 Å². The molecule has 0 radical (unpaired) electrons. The quantitative estimate of drug-likeness (QED) is 0.538. The Labute approximate surface area is 68.1 Å². The number of hydrogen-bond acceptors (Lipinski definition) is 1. The summed E-state index contributed by atoms with van der Waals surface area (Å²) in [7, 11) is 2.12. The highest BCUT2D eigenvalue weighted by Gasteiger charge is 2.39. The molecule has 1 unspecified atom stereocenters. The fraction of sp³-hybridized carbons (Fsp3) is 0.875. The largest absolute Gasteiger partial charge is 0.273 e. The molecule has 64 valence electrons. The van der Waals surface area contributed by atoms with E-state index in [-0.39, 0.29) is 0 Å². The van der Waals surface area contributed by atoms with E-state index in [1.54, 1.807) is 0 Å². The lowest BCUT2D eigenvalue weighted by molar-refractivity contribution is -0.996. The summed E-state index contributed by atoms with van der Waals surface area (Å²) in [5.41, 5.74) is 0. The van der Waals surface area contributed by atoms with Crippen LogP contribution >= 0.6 is 0 Å². The van der Waals surface area contributed by atoms with Gasteiger partial charge in [0.25, 0.3) is 5.91 Å². The number of rotatable bonds is 2. The van der Waals surface area contributed by atoms with Crippen molar-refractivity contribution in [2.45, 2.75) is 20.3 Å². The van der Waals surface area contributed by atoms with Crippen LogP contribution in [0.25, 0.3) is 0 Å². The molecule has 1 heterocycles. The van der Waals surface area contributed by atoms with Gasteiger partial charge < -0.3 is 0 Å². The van der Waals surface area contributed by atoms with Crippen LogP contribution in [0.1, 0.15) is 20.3 Å². The first kappa shape index (κ1) is 8.53. The molecule has 3 heteroatoms. The third kappa shape index (κ3) is 1.25. The lowest BCUT2D eigenvalue weighted by atomic mass is 10.4. The third-order valence-corrected chi connectivity index (χ3v) is 2.66. The van der Waals surface area contributed by atoms with Gasteiger partial charge in [0.1, 0.15) is 6.54 Å². The third-order valence-electron chi connectivity index (χ3n) is 2.66. The molecule has 1 rings (SSSR count). The van der Waals surface area contributed by atoms with Crippen molar-refractivity contribution in [2.24, 2.45) is 0 Å². The fourth-order valence-corrected chi connectivity index (χ4v) is 1.70. The van der Waals surface area contributed by atoms with Crippen LogP contribution in [0.15, 0.2) is 0 Å². The van der Waals surface area contributed by atoms with Gasteiger partial charge in [-0.3, -0.25) is 4.79 Å². The van der Waals surface area contributed by atoms with E-state index in [1.807, 2.05) is 11.9 Å². The summed E-state index contributed by atoms with van der Waals surface area (Å²) >= 11 is 0. The summed E-state index contributed by atoms with van der Waals surface area (Å²) in [6, 6.07) is 0. The van der Waals surface area contributed by atoms with Gasteiger partial charge >= 0.3 is 0 Å². The lowest BCUT2D eigenvalue weighted by Gasteiger charge is -2.35. The number of carbonyl (C=O) groups is 1. The van der Waals surface area contributed by atoms with E-state index in [0.29, 0.717) is 5.91 Å². The zero-order valence-electron chi connectivity index (χ0n) is 7.63. The molecular formula is C8H17N2O+. The van der Waals surface area contributed by atoms with Crippen molar-refractivity contribution in [3.05, 3.63) is 0 Å². The van der Waals surface area contributed by atoms with Crippen LogP contribution in [0.5, 0.6) is 0 Å². The van der Waals surface area contributed by atoms with Gasteiger partial charge in [-0.25, -0.2) is 4.59 Å². The molecular weight excluding hydrogens is 140 g/mol. The van der Waals surface area contributed by atoms with E-state index in [1.165, 1.54) is 0 Å². The highest BCUT2D eigenvalue weighted by molar-refractivity contribution is 5.76. The maximum Gasteiger partial charge on any atom is 0.273 e. The van der Waals surface area contributed by atoms with Gasteiger partial charge in [-0.05, 0) is 13.8 Å². The number of quaternary nitrogens is 1. The highest BCUT2D eigenvalue weighted by atomic mass is 16.2. The standard InChI is InChI=1S/C8H17N2O/c1-4-9-8(11)6-7-10(9,3)5-2/h4-7H2,1-3H3/q+1. The monoisotopic (exact) mass is 157 g/mol. The Morgan fingerprint density at radius 2 is 2.18 bits per heavy atom. The first-order valence-electron chi connectivity index (χ1n) is 4.29. The van der Waals surface area contributed by atoms with Crippen LogP contribution in [0.4, 0.5) is 0 Å². The van der Waals surface area contributed by atoms with E-state index in [9.17, 15) is 4.79 Å². The Morgan fingerprint density at radius 1 is 1.55 bits per heavy atom. The van der Waals surface area contributed by atoms with Crippen molar-refractivity contribution in [2.75, 3.05) is 26.7 Å². The molecule has 0 bridgehead atoms. The average molecular weight is 157 g/mol. The predicted molar refractivity (Wildman–Crippen MR) is 43.6 cm³/mol. The summed E-state index contributed by atoms with van der Waals surface area (Å²) in [5.74, 6) is 0.303. The van der Waals surface area contributed by atoms with Crippen LogP contribution < -0.4 is 0 Å². The summed E-state index contributed by atoms with van der Waals surface area (Å²) in [6.45, 7) is 6.99. The highest BCUT2D eigenvalue weighted by Crippen LogP contribution is 2.18. The lowest BCUT2D eigenvalue weighted by Crippen LogP contribution is -2.53. The van der Waals surface area contributed by atoms with Crippen LogP contribution in [0.3, 0.4) is 0 Å². The van der Waals surface area contributed by atoms with Crippen molar-refractivity contribution in [1.29, 1.82) is 0 Å². The van der Waals surface area contributed by atoms with Gasteiger partial charge in [-0.15, -0.1) is 0 Å². The molecule has 1 amide bonds. The van der Waals surface area contributed by atoms with Crippen LogP contribution in [-0.4, -0.2) is 42.2 Å². The number of hydrogen-bond donors (Lipinski definition) is 0. The Balaban J connectivity index is 2.75. The zero-order chi connectivity index (χ0) is 8.48. The molecule has 1 aliphatic heterocycles. The molecule has 1 aliphatic rings. The normalized spacial score (nSPS) is 31.5. The van der Waals surface area contributed by atoms with Crippen LogP contribution in [0.2, 0.25) is 0 Å². The molecule has 1 saturated heterocycles. The molecule has 0 aromatic carbocycles. The molecule has 0 aromatic heterocycles.